The van der Waals surface area contributed by atoms with Crippen molar-refractivity contribution in [1.29, 1.82) is 0 Å². The maximum atomic E-state index is 10.8. The average molecular weight is 251 g/mol. The Balaban J connectivity index is 2.42. The Hall–Kier alpha value is -1.34. The smallest absolute Gasteiger partial charge is 0.422 e. The summed E-state index contributed by atoms with van der Waals surface area (Å²) in [6, 6.07) is 5.04. The van der Waals surface area contributed by atoms with E-state index in [1.165, 1.54) is 10.9 Å². The van der Waals surface area contributed by atoms with E-state index >= 15 is 0 Å². The van der Waals surface area contributed by atoms with Gasteiger partial charge in [-0.3, -0.25) is 4.98 Å². The highest BCUT2D eigenvalue weighted by Gasteiger charge is 2.11. The number of nitrogens with zero attached hydrogens (tertiary/aromatic N) is 1. The van der Waals surface area contributed by atoms with Gasteiger partial charge >= 0.3 is 15.3 Å². The third-order valence-corrected chi connectivity index (χ3v) is 1.92. The lowest BCUT2D eigenvalue weighted by Crippen LogP contribution is -2.27. The molecule has 1 amide bonds. The number of carbonyl (C=O) groups is 1. The molecule has 6 nitrogen and oxygen atoms in total. The van der Waals surface area contributed by atoms with Crippen LogP contribution in [0.25, 0.3) is 0 Å². The van der Waals surface area contributed by atoms with E-state index < -0.39 is 15.3 Å². The Bertz CT molecular complexity index is 434. The molecule has 1 aromatic rings. The largest absolute Gasteiger partial charge is 0.442 e. The molecule has 8 heteroatoms. The minimum Gasteiger partial charge on any atom is -0.442 e. The summed E-state index contributed by atoms with van der Waals surface area (Å²) in [7, 11) is 0.654. The van der Waals surface area contributed by atoms with E-state index in [0.29, 0.717) is 5.69 Å². The van der Waals surface area contributed by atoms with Crippen LogP contribution in [0.5, 0.6) is 0 Å². The number of hydrogen-bond acceptors (Lipinski definition) is 5. The lowest BCUT2D eigenvalue weighted by atomic mass is 10.4. The molecule has 82 valence electrons. The van der Waals surface area contributed by atoms with Gasteiger partial charge in [-0.2, -0.15) is 8.42 Å². The second-order valence-electron chi connectivity index (χ2n) is 2.44. The number of rotatable bonds is 3. The molecule has 0 saturated heterocycles. The molecule has 0 spiro atoms. The van der Waals surface area contributed by atoms with Crippen molar-refractivity contribution in [2.24, 2.45) is 0 Å². The summed E-state index contributed by atoms with van der Waals surface area (Å²) in [4.78, 5) is 14.7. The Morgan fingerprint density at radius 1 is 1.53 bits per heavy atom. The van der Waals surface area contributed by atoms with Crippen molar-refractivity contribution in [2.75, 3.05) is 0 Å². The standard InChI is InChI=1S/C7H7ClN2O4S/c8-15(12,13)10-7(11)14-5-6-3-1-2-4-9-6/h1-4H,5H2,(H,10,11). The first-order valence-corrected chi connectivity index (χ1v) is 6.07. The Kier molecular flexibility index (Phi) is 3.87. The first-order chi connectivity index (χ1) is 6.97. The fourth-order valence-corrected chi connectivity index (χ4v) is 1.20. The molecule has 0 aliphatic heterocycles. The molecule has 0 fully saturated rings. The van der Waals surface area contributed by atoms with E-state index in [4.69, 9.17) is 10.7 Å². The topological polar surface area (TPSA) is 85.4 Å². The molecule has 15 heavy (non-hydrogen) atoms. The van der Waals surface area contributed by atoms with Gasteiger partial charge in [0, 0.05) is 16.9 Å². The molecule has 0 unspecified atom stereocenters. The number of pyridine rings is 1. The van der Waals surface area contributed by atoms with Gasteiger partial charge in [0.1, 0.15) is 6.61 Å². The Morgan fingerprint density at radius 3 is 2.80 bits per heavy atom. The van der Waals surface area contributed by atoms with Crippen LogP contribution in [0.4, 0.5) is 4.79 Å². The van der Waals surface area contributed by atoms with Crippen molar-refractivity contribution in [3.63, 3.8) is 0 Å². The highest BCUT2D eigenvalue weighted by atomic mass is 35.7. The second kappa shape index (κ2) is 4.94. The van der Waals surface area contributed by atoms with Crippen molar-refractivity contribution >= 4 is 26.0 Å². The minimum absolute atomic E-state index is 0.126. The molecule has 0 aliphatic carbocycles. The first-order valence-electron chi connectivity index (χ1n) is 3.76. The van der Waals surface area contributed by atoms with E-state index in [-0.39, 0.29) is 6.61 Å². The summed E-state index contributed by atoms with van der Waals surface area (Å²) in [5.74, 6) is 0. The van der Waals surface area contributed by atoms with Crippen LogP contribution in [0.3, 0.4) is 0 Å². The number of aromatic nitrogens is 1. The van der Waals surface area contributed by atoms with Gasteiger partial charge in [-0.25, -0.2) is 9.52 Å². The van der Waals surface area contributed by atoms with Crippen LogP contribution < -0.4 is 4.72 Å². The highest BCUT2D eigenvalue weighted by Crippen LogP contribution is 1.97. The summed E-state index contributed by atoms with van der Waals surface area (Å²) in [5, 5.41) is 0. The van der Waals surface area contributed by atoms with Crippen molar-refractivity contribution in [2.45, 2.75) is 6.61 Å². The van der Waals surface area contributed by atoms with Crippen LogP contribution >= 0.6 is 10.7 Å². The maximum Gasteiger partial charge on any atom is 0.422 e. The molecule has 0 aromatic carbocycles. The van der Waals surface area contributed by atoms with Crippen molar-refractivity contribution in [1.82, 2.24) is 9.71 Å². The molecule has 1 rings (SSSR count). The zero-order valence-electron chi connectivity index (χ0n) is 7.38. The average Bonchev–Trinajstić information content (AvgIpc) is 2.14. The van der Waals surface area contributed by atoms with E-state index in [0.717, 1.165) is 0 Å². The van der Waals surface area contributed by atoms with Gasteiger partial charge in [0.25, 0.3) is 0 Å². The lowest BCUT2D eigenvalue weighted by Gasteiger charge is -2.03. The van der Waals surface area contributed by atoms with Gasteiger partial charge in [0.15, 0.2) is 0 Å². The minimum atomic E-state index is -4.10. The van der Waals surface area contributed by atoms with Gasteiger partial charge in [0.05, 0.1) is 5.69 Å². The van der Waals surface area contributed by atoms with E-state index in [9.17, 15) is 13.2 Å². The van der Waals surface area contributed by atoms with E-state index in [1.54, 1.807) is 18.2 Å². The van der Waals surface area contributed by atoms with E-state index in [1.807, 2.05) is 0 Å². The summed E-state index contributed by atoms with van der Waals surface area (Å²) < 4.78 is 26.7. The third kappa shape index (κ3) is 5.18. The second-order valence-corrected chi connectivity index (χ2v) is 4.74. The van der Waals surface area contributed by atoms with E-state index in [2.05, 4.69) is 9.72 Å². The molecule has 1 N–H and O–H groups in total. The number of halogens is 1. The SMILES string of the molecule is O=C(NS(=O)(=O)Cl)OCc1ccccn1. The fraction of sp³-hybridized carbons (Fsp3) is 0.143. The number of hydrogen-bond donors (Lipinski definition) is 1. The van der Waals surface area contributed by atoms with Crippen LogP contribution in [-0.2, 0) is 20.6 Å². The molecule has 0 radical (unpaired) electrons. The van der Waals surface area contributed by atoms with Gasteiger partial charge in [-0.05, 0) is 12.1 Å². The van der Waals surface area contributed by atoms with Crippen LogP contribution in [0.15, 0.2) is 24.4 Å². The van der Waals surface area contributed by atoms with Crippen molar-refractivity contribution < 1.29 is 17.9 Å². The van der Waals surface area contributed by atoms with Crippen molar-refractivity contribution in [3.05, 3.63) is 30.1 Å². The fourth-order valence-electron chi connectivity index (χ4n) is 0.752. The zero-order valence-corrected chi connectivity index (χ0v) is 8.96. The molecule has 1 heterocycles. The van der Waals surface area contributed by atoms with Crippen molar-refractivity contribution in [3.8, 4) is 0 Å². The Labute approximate surface area is 90.8 Å². The molecule has 1 aromatic heterocycles. The van der Waals surface area contributed by atoms with Gasteiger partial charge in [-0.1, -0.05) is 6.07 Å². The van der Waals surface area contributed by atoms with Gasteiger partial charge in [-0.15, -0.1) is 0 Å². The lowest BCUT2D eigenvalue weighted by molar-refractivity contribution is 0.144. The number of carbonyl (C=O) groups excluding carboxylic acids is 1. The Morgan fingerprint density at radius 2 is 2.27 bits per heavy atom. The highest BCUT2D eigenvalue weighted by molar-refractivity contribution is 8.12. The number of amides is 1. The molecule has 0 aliphatic rings. The molecule has 0 saturated carbocycles. The number of nitrogens with one attached hydrogen (secondary N) is 1. The molecular weight excluding hydrogens is 244 g/mol. The molecule has 0 bridgehead atoms. The summed E-state index contributed by atoms with van der Waals surface area (Å²) in [6.07, 6.45) is 0.380. The number of ether oxygens (including phenoxy) is 1. The van der Waals surface area contributed by atoms with Crippen LogP contribution in [0.2, 0.25) is 0 Å². The predicted molar refractivity (Wildman–Crippen MR) is 52.3 cm³/mol. The summed E-state index contributed by atoms with van der Waals surface area (Å²) in [5.41, 5.74) is 0.500. The van der Waals surface area contributed by atoms with Crippen LogP contribution in [0.1, 0.15) is 5.69 Å². The molecular formula is C7H7ClN2O4S. The molecule has 0 atom stereocenters. The summed E-state index contributed by atoms with van der Waals surface area (Å²) in [6.45, 7) is -0.126. The predicted octanol–water partition coefficient (Wildman–Crippen LogP) is 0.791. The zero-order chi connectivity index (χ0) is 11.3. The van der Waals surface area contributed by atoms with Gasteiger partial charge < -0.3 is 4.74 Å². The quantitative estimate of drug-likeness (QED) is 0.802. The van der Waals surface area contributed by atoms with Crippen LogP contribution in [0, 0.1) is 0 Å². The summed E-state index contributed by atoms with van der Waals surface area (Å²) >= 11 is 0. The third-order valence-electron chi connectivity index (χ3n) is 1.28. The monoisotopic (exact) mass is 250 g/mol. The van der Waals surface area contributed by atoms with Gasteiger partial charge in [0.2, 0.25) is 0 Å². The normalized spacial score (nSPS) is 10.7. The maximum absolute atomic E-state index is 10.8. The first kappa shape index (κ1) is 11.7. The van der Waals surface area contributed by atoms with Crippen LogP contribution in [-0.4, -0.2) is 19.5 Å².